The number of rotatable bonds is 22. The Kier molecular flexibility index (Phi) is 20.7. The van der Waals surface area contributed by atoms with E-state index in [2.05, 4.69) is 41.0 Å². The number of ketones is 3. The van der Waals surface area contributed by atoms with Gasteiger partial charge < -0.3 is 33.2 Å². The van der Waals surface area contributed by atoms with Crippen molar-refractivity contribution in [3.8, 4) is 17.1 Å². The molecule has 91 heavy (non-hydrogen) atoms. The van der Waals surface area contributed by atoms with Gasteiger partial charge in [-0.05, 0) is 119 Å². The van der Waals surface area contributed by atoms with Crippen molar-refractivity contribution in [2.45, 2.75) is 92.5 Å². The van der Waals surface area contributed by atoms with Gasteiger partial charge in [-0.15, -0.1) is 11.8 Å². The minimum atomic E-state index is -0.285. The first-order valence-electron chi connectivity index (χ1n) is 29.0. The molecule has 0 spiro atoms. The lowest BCUT2D eigenvalue weighted by Crippen LogP contribution is -2.25. The van der Waals surface area contributed by atoms with E-state index in [4.69, 9.17) is 25.9 Å². The van der Waals surface area contributed by atoms with Crippen molar-refractivity contribution >= 4 is 88.4 Å². The molecule has 0 unspecified atom stereocenters. The molecule has 3 aliphatic carbocycles. The molecule has 0 radical (unpaired) electrons. The summed E-state index contributed by atoms with van der Waals surface area (Å²) < 4.78 is 14.4. The normalized spacial score (nSPS) is 13.3. The van der Waals surface area contributed by atoms with Crippen molar-refractivity contribution in [3.63, 3.8) is 0 Å². The van der Waals surface area contributed by atoms with Gasteiger partial charge in [-0.3, -0.25) is 28.8 Å². The van der Waals surface area contributed by atoms with Crippen LogP contribution in [0, 0.1) is 20.8 Å². The van der Waals surface area contributed by atoms with E-state index in [1.165, 1.54) is 35.3 Å². The van der Waals surface area contributed by atoms with Crippen LogP contribution >= 0.6 is 35.8 Å². The molecule has 3 heterocycles. The molecule has 0 atom stereocenters. The summed E-state index contributed by atoms with van der Waals surface area (Å²) in [5, 5.41) is 23.6. The van der Waals surface area contributed by atoms with Crippen LogP contribution in [0.4, 0.5) is 17.5 Å². The van der Waals surface area contributed by atoms with Crippen LogP contribution in [0.1, 0.15) is 134 Å². The lowest BCUT2D eigenvalue weighted by atomic mass is 10.1. The van der Waals surface area contributed by atoms with Crippen molar-refractivity contribution in [1.82, 2.24) is 45.3 Å². The fourth-order valence-electron chi connectivity index (χ4n) is 9.44. The van der Waals surface area contributed by atoms with E-state index in [1.54, 1.807) is 102 Å². The highest BCUT2D eigenvalue weighted by Crippen LogP contribution is 2.36. The van der Waals surface area contributed by atoms with Gasteiger partial charge in [0.15, 0.2) is 27.4 Å². The van der Waals surface area contributed by atoms with Crippen LogP contribution < -0.4 is 33.2 Å². The number of benzene rings is 6. The molecule has 3 aromatic heterocycles. The molecule has 9 N–H and O–H groups in total. The second-order valence-electron chi connectivity index (χ2n) is 21.6. The monoisotopic (exact) mass is 1280 g/mol. The Hall–Kier alpha value is -9.34. The minimum absolute atomic E-state index is 0.106. The Labute approximate surface area is 537 Å². The molecule has 3 amide bonds. The number of amides is 3. The van der Waals surface area contributed by atoms with Crippen molar-refractivity contribution in [2.75, 3.05) is 37.7 Å². The number of nitrogens with two attached hydrogens (primary N) is 3. The number of nitrogens with zero attached hydrogens (tertiary/aromatic N) is 6. The number of carbonyl (C=O) groups is 6. The van der Waals surface area contributed by atoms with Gasteiger partial charge in [0.25, 0.3) is 17.7 Å². The third-order valence-electron chi connectivity index (χ3n) is 14.8. The summed E-state index contributed by atoms with van der Waals surface area (Å²) in [4.78, 5) is 86.3. The SMILES string of the molecule is COOSc1nn(-c2cc(C(=O)NC3CC3)ccc2C)c(N)c1C(=O)c1ccccc1.COOSc1nn(-c2cc(C(=O)NC3CC3)ccc2C)c(N)c1C(=O)c1ccccc1.CSc1nn(-c2cc(C(=O)NC3CC3)ccc2C)c(N)c1C(=O)c1ccccc1. The molecule has 0 aliphatic heterocycles. The molecule has 22 nitrogen and oxygen atoms in total. The molecule has 6 aromatic carbocycles. The summed E-state index contributed by atoms with van der Waals surface area (Å²) in [6.45, 7) is 5.70. The first kappa shape index (κ1) is 64.6. The summed E-state index contributed by atoms with van der Waals surface area (Å²) in [6.07, 6.45) is 7.92. The standard InChI is InChI=1S/2C22H22N4O4S.C22H22N4O2S/c2*1-13-8-9-15(21(28)24-16-10-11-16)12-17(13)26-20(23)18(22(25-26)31-30-29-2)19(27)14-6-4-3-5-7-14;1-13-8-9-15(21(28)24-16-10-11-16)12-17(13)26-20(23)18(22(25-26)29-2)19(27)14-6-4-3-5-7-14/h2*3-9,12,16H,10-11,23H2,1-2H3,(H,24,28);3-9,12,16H,10-11,23H2,1-2H3,(H,24,28). The van der Waals surface area contributed by atoms with Crippen LogP contribution in [0.3, 0.4) is 0 Å². The maximum atomic E-state index is 13.2. The topological polar surface area (TPSA) is 307 Å². The van der Waals surface area contributed by atoms with Crippen LogP contribution in [0.15, 0.2) is 161 Å². The highest BCUT2D eigenvalue weighted by atomic mass is 32.2. The number of aryl methyl sites for hydroxylation is 3. The smallest absolute Gasteiger partial charge is 0.251 e. The van der Waals surface area contributed by atoms with Crippen LogP contribution in [-0.4, -0.2) is 103 Å². The quantitative estimate of drug-likeness (QED) is 0.0121. The number of aromatic nitrogens is 6. The molecular weight excluding hydrogens is 1220 g/mol. The number of carbonyl (C=O) groups excluding carboxylic acids is 6. The number of anilines is 3. The molecule has 9 aromatic rings. The van der Waals surface area contributed by atoms with Crippen LogP contribution in [0.2, 0.25) is 0 Å². The molecule has 3 fully saturated rings. The van der Waals surface area contributed by atoms with Gasteiger partial charge in [0.1, 0.15) is 33.6 Å². The molecule has 0 bridgehead atoms. The van der Waals surface area contributed by atoms with Gasteiger partial charge in [-0.2, -0.15) is 24.0 Å². The third-order valence-corrected chi connectivity index (χ3v) is 16.8. The second kappa shape index (κ2) is 29.1. The van der Waals surface area contributed by atoms with Crippen LogP contribution in [0.5, 0.6) is 0 Å². The van der Waals surface area contributed by atoms with E-state index in [0.717, 1.165) is 79.3 Å². The maximum absolute atomic E-state index is 13.2. The van der Waals surface area contributed by atoms with Crippen molar-refractivity contribution in [1.29, 1.82) is 0 Å². The molecule has 0 saturated heterocycles. The van der Waals surface area contributed by atoms with Crippen LogP contribution in [0.25, 0.3) is 17.1 Å². The van der Waals surface area contributed by atoms with Gasteiger partial charge in [0, 0.05) is 51.5 Å². The predicted octanol–water partition coefficient (Wildman–Crippen LogP) is 10.6. The fourth-order valence-corrected chi connectivity index (χ4v) is 11.1. The molecule has 25 heteroatoms. The third kappa shape index (κ3) is 15.3. The highest BCUT2D eigenvalue weighted by molar-refractivity contribution is 7.98. The summed E-state index contributed by atoms with van der Waals surface area (Å²) in [7, 11) is 2.72. The summed E-state index contributed by atoms with van der Waals surface area (Å²) in [6, 6.07) is 43.4. The van der Waals surface area contributed by atoms with Gasteiger partial charge in [-0.1, -0.05) is 109 Å². The van der Waals surface area contributed by atoms with E-state index >= 15 is 0 Å². The van der Waals surface area contributed by atoms with E-state index in [9.17, 15) is 28.8 Å². The maximum Gasteiger partial charge on any atom is 0.251 e. The van der Waals surface area contributed by atoms with Crippen molar-refractivity contribution in [3.05, 3.63) is 212 Å². The number of hydrogen-bond acceptors (Lipinski definition) is 19. The lowest BCUT2D eigenvalue weighted by molar-refractivity contribution is -0.160. The lowest BCUT2D eigenvalue weighted by Gasteiger charge is -2.11. The summed E-state index contributed by atoms with van der Waals surface area (Å²) in [5.41, 5.74) is 27.6. The largest absolute Gasteiger partial charge is 0.383 e. The van der Waals surface area contributed by atoms with Crippen molar-refractivity contribution in [2.24, 2.45) is 0 Å². The number of hydrogen-bond donors (Lipinski definition) is 6. The average molecular weight is 1280 g/mol. The van der Waals surface area contributed by atoms with Gasteiger partial charge in [0.05, 0.1) is 60.9 Å². The Morgan fingerprint density at radius 2 is 0.692 bits per heavy atom. The predicted molar refractivity (Wildman–Crippen MR) is 349 cm³/mol. The first-order chi connectivity index (χ1) is 44.0. The summed E-state index contributed by atoms with van der Waals surface area (Å²) in [5.74, 6) is -0.563. The van der Waals surface area contributed by atoms with Gasteiger partial charge >= 0.3 is 0 Å². The number of nitrogens with one attached hydrogen (secondary N) is 3. The number of thioether (sulfide) groups is 1. The molecule has 3 aliphatic rings. The Morgan fingerprint density at radius 3 is 0.956 bits per heavy atom. The zero-order valence-electron chi connectivity index (χ0n) is 50.6. The minimum Gasteiger partial charge on any atom is -0.383 e. The zero-order chi connectivity index (χ0) is 64.5. The highest BCUT2D eigenvalue weighted by Gasteiger charge is 2.31. The Morgan fingerprint density at radius 1 is 0.418 bits per heavy atom. The first-order valence-corrected chi connectivity index (χ1v) is 31.7. The van der Waals surface area contributed by atoms with E-state index in [1.807, 2.05) is 75.6 Å². The molecule has 12 rings (SSSR count). The Bertz CT molecular complexity index is 4010. The fraction of sp³-hybridized carbons (Fsp3) is 0.227. The molecule has 3 saturated carbocycles. The van der Waals surface area contributed by atoms with E-state index < -0.39 is 0 Å². The number of nitrogen functional groups attached to an aromatic ring is 3. The van der Waals surface area contributed by atoms with E-state index in [-0.39, 0.29) is 91.8 Å². The second-order valence-corrected chi connectivity index (χ2v) is 23.8. The average Bonchev–Trinajstić information content (AvgIpc) is 1.72. The zero-order valence-corrected chi connectivity index (χ0v) is 53.0. The van der Waals surface area contributed by atoms with Crippen molar-refractivity contribution < 1.29 is 47.2 Å². The summed E-state index contributed by atoms with van der Waals surface area (Å²) >= 11 is 2.97. The molecule has 468 valence electrons. The van der Waals surface area contributed by atoms with Gasteiger partial charge in [0.2, 0.25) is 0 Å². The van der Waals surface area contributed by atoms with Gasteiger partial charge in [-0.25, -0.2) is 23.8 Å². The van der Waals surface area contributed by atoms with E-state index in [0.29, 0.717) is 61.0 Å². The molecular formula is C66H66N12O10S3. The van der Waals surface area contributed by atoms with Crippen LogP contribution in [-0.2, 0) is 18.4 Å². The Balaban J connectivity index is 0.000000150.